The van der Waals surface area contributed by atoms with E-state index in [1.165, 1.54) is 5.56 Å². The van der Waals surface area contributed by atoms with Crippen LogP contribution < -0.4 is 0 Å². The Kier molecular flexibility index (Phi) is 7.20. The summed E-state index contributed by atoms with van der Waals surface area (Å²) in [4.78, 5) is 45.9. The summed E-state index contributed by atoms with van der Waals surface area (Å²) in [5, 5.41) is 20.3. The van der Waals surface area contributed by atoms with Crippen LogP contribution in [0.5, 0.6) is 0 Å². The molecule has 0 atom stereocenters. The molecule has 208 valence electrons. The summed E-state index contributed by atoms with van der Waals surface area (Å²) in [5.41, 5.74) is -0.0820. The molecule has 2 aliphatic heterocycles. The summed E-state index contributed by atoms with van der Waals surface area (Å²) in [6.07, 6.45) is 6.65. The number of nitrogens with zero attached hydrogens (tertiary/aromatic N) is 4. The molecular weight excluding hydrogens is 484 g/mol. The molecule has 5 rings (SSSR count). The largest absolute Gasteiger partial charge is 0.481 e. The molecule has 1 spiro atoms. The Morgan fingerprint density at radius 1 is 1.00 bits per heavy atom. The maximum absolute atomic E-state index is 13.8. The first kappa shape index (κ1) is 26.9. The predicted octanol–water partition coefficient (Wildman–Crippen LogP) is 2.73. The zero-order valence-electron chi connectivity index (χ0n) is 22.8. The summed E-state index contributed by atoms with van der Waals surface area (Å²) >= 11 is 0. The molecule has 2 N–H and O–H groups in total. The number of aliphatic carboxylic acids is 1. The average Bonchev–Trinajstić information content (AvgIpc) is 3.14. The van der Waals surface area contributed by atoms with Crippen LogP contribution in [0.15, 0.2) is 30.3 Å². The second kappa shape index (κ2) is 10.2. The van der Waals surface area contributed by atoms with Crippen molar-refractivity contribution in [2.24, 2.45) is 5.92 Å². The first-order valence-corrected chi connectivity index (χ1v) is 14.1. The smallest absolute Gasteiger partial charge is 0.321 e. The van der Waals surface area contributed by atoms with Gasteiger partial charge in [0.15, 0.2) is 0 Å². The summed E-state index contributed by atoms with van der Waals surface area (Å²) in [6, 6.07) is 10.4. The van der Waals surface area contributed by atoms with E-state index in [0.717, 1.165) is 32.1 Å². The van der Waals surface area contributed by atoms with E-state index in [0.29, 0.717) is 51.9 Å². The number of likely N-dealkylation sites (tertiary alicyclic amines) is 1. The van der Waals surface area contributed by atoms with Gasteiger partial charge in [-0.1, -0.05) is 30.3 Å². The topological polar surface area (TPSA) is 105 Å². The molecule has 4 aliphatic rings. The van der Waals surface area contributed by atoms with E-state index < -0.39 is 23.0 Å². The highest BCUT2D eigenvalue weighted by Crippen LogP contribution is 2.50. The van der Waals surface area contributed by atoms with Crippen molar-refractivity contribution in [3.05, 3.63) is 35.9 Å². The van der Waals surface area contributed by atoms with Gasteiger partial charge in [0, 0.05) is 25.2 Å². The lowest BCUT2D eigenvalue weighted by Gasteiger charge is -2.52. The van der Waals surface area contributed by atoms with E-state index >= 15 is 0 Å². The van der Waals surface area contributed by atoms with Crippen LogP contribution in [0.2, 0.25) is 0 Å². The summed E-state index contributed by atoms with van der Waals surface area (Å²) in [7, 11) is 4.25. The number of hydrogen-bond donors (Lipinski definition) is 2. The van der Waals surface area contributed by atoms with E-state index in [1.807, 2.05) is 11.0 Å². The number of rotatable bonds is 7. The first-order valence-electron chi connectivity index (χ1n) is 14.1. The maximum atomic E-state index is 13.8. The lowest BCUT2D eigenvalue weighted by Crippen LogP contribution is -2.59. The van der Waals surface area contributed by atoms with Gasteiger partial charge < -0.3 is 24.9 Å². The van der Waals surface area contributed by atoms with E-state index in [2.05, 4.69) is 43.3 Å². The highest BCUT2D eigenvalue weighted by Gasteiger charge is 2.56. The highest BCUT2D eigenvalue weighted by molar-refractivity contribution is 5.86. The van der Waals surface area contributed by atoms with Crippen LogP contribution in [0.1, 0.15) is 63.4 Å². The minimum absolute atomic E-state index is 0.00472. The number of benzene rings is 1. The molecule has 1 aromatic rings. The SMILES string of the molecule is CN(C)C1(c2ccccc2)CCC2(CC1)CN(CC(=O)N1CCC(C(=O)O)CC1)C(=O)N2CC1(O)CCC1. The molecule has 2 saturated carbocycles. The fourth-order valence-corrected chi connectivity index (χ4v) is 7.22. The van der Waals surface area contributed by atoms with Gasteiger partial charge in [-0.05, 0) is 77.4 Å². The van der Waals surface area contributed by atoms with Crippen molar-refractivity contribution in [2.75, 3.05) is 46.8 Å². The Hall–Kier alpha value is -2.65. The zero-order chi connectivity index (χ0) is 27.1. The Morgan fingerprint density at radius 2 is 1.63 bits per heavy atom. The van der Waals surface area contributed by atoms with Crippen LogP contribution >= 0.6 is 0 Å². The van der Waals surface area contributed by atoms with E-state index in [1.54, 1.807) is 9.80 Å². The number of carbonyl (C=O) groups excluding carboxylic acids is 2. The van der Waals surface area contributed by atoms with Gasteiger partial charge in [0.2, 0.25) is 5.91 Å². The molecule has 9 nitrogen and oxygen atoms in total. The van der Waals surface area contributed by atoms with Crippen molar-refractivity contribution in [3.63, 3.8) is 0 Å². The minimum atomic E-state index is -0.836. The van der Waals surface area contributed by atoms with Gasteiger partial charge in [-0.15, -0.1) is 0 Å². The summed E-state index contributed by atoms with van der Waals surface area (Å²) < 4.78 is 0. The Bertz CT molecular complexity index is 1040. The fraction of sp³-hybridized carbons (Fsp3) is 0.690. The highest BCUT2D eigenvalue weighted by atomic mass is 16.4. The van der Waals surface area contributed by atoms with Crippen molar-refractivity contribution in [3.8, 4) is 0 Å². The Labute approximate surface area is 225 Å². The summed E-state index contributed by atoms with van der Waals surface area (Å²) in [5.74, 6) is -1.33. The van der Waals surface area contributed by atoms with Gasteiger partial charge in [0.05, 0.1) is 23.6 Å². The molecule has 0 radical (unpaired) electrons. The Balaban J connectivity index is 1.33. The van der Waals surface area contributed by atoms with Crippen molar-refractivity contribution in [2.45, 2.75) is 74.5 Å². The van der Waals surface area contributed by atoms with Crippen LogP contribution in [0, 0.1) is 5.92 Å². The van der Waals surface area contributed by atoms with E-state index in [9.17, 15) is 24.6 Å². The third-order valence-corrected chi connectivity index (χ3v) is 9.99. The summed E-state index contributed by atoms with van der Waals surface area (Å²) in [6.45, 7) is 1.63. The normalized spacial score (nSPS) is 29.7. The first-order chi connectivity index (χ1) is 18.1. The number of hydrogen-bond acceptors (Lipinski definition) is 5. The number of aliphatic hydroxyl groups is 1. The monoisotopic (exact) mass is 526 g/mol. The van der Waals surface area contributed by atoms with Gasteiger partial charge in [-0.2, -0.15) is 0 Å². The molecule has 2 aliphatic carbocycles. The van der Waals surface area contributed by atoms with Gasteiger partial charge in [-0.3, -0.25) is 14.5 Å². The average molecular weight is 527 g/mol. The molecule has 0 bridgehead atoms. The maximum Gasteiger partial charge on any atom is 0.321 e. The lowest BCUT2D eigenvalue weighted by molar-refractivity contribution is -0.145. The third-order valence-electron chi connectivity index (χ3n) is 9.99. The van der Waals surface area contributed by atoms with Crippen LogP contribution in [-0.4, -0.2) is 106 Å². The fourth-order valence-electron chi connectivity index (χ4n) is 7.22. The standard InChI is InChI=1S/C29H42N4O5/c1-30(2)29(23-7-4-3-5-8-23)15-13-27(14-16-29)20-32(26(37)33(27)21-28(38)11-6-12-28)19-24(34)31-17-9-22(10-18-31)25(35)36/h3-5,7-8,22,38H,6,9-21H2,1-2H3,(H,35,36). The van der Waals surface area contributed by atoms with E-state index in [4.69, 9.17) is 0 Å². The zero-order valence-corrected chi connectivity index (χ0v) is 22.8. The van der Waals surface area contributed by atoms with Crippen LogP contribution in [-0.2, 0) is 15.1 Å². The van der Waals surface area contributed by atoms with Crippen molar-refractivity contribution in [1.29, 1.82) is 0 Å². The molecule has 2 heterocycles. The third kappa shape index (κ3) is 4.79. The lowest BCUT2D eigenvalue weighted by atomic mass is 9.67. The molecule has 3 amide bonds. The Morgan fingerprint density at radius 3 is 2.16 bits per heavy atom. The minimum Gasteiger partial charge on any atom is -0.481 e. The molecule has 2 saturated heterocycles. The number of carbonyl (C=O) groups is 3. The van der Waals surface area contributed by atoms with Gasteiger partial charge in [0.1, 0.15) is 6.54 Å². The molecular formula is C29H42N4O5. The number of β-amino-alcohol motifs (C(OH)–C–C–N with tert-alkyl or cyclic N) is 1. The second-order valence-corrected chi connectivity index (χ2v) is 12.3. The van der Waals surface area contributed by atoms with Crippen LogP contribution in [0.3, 0.4) is 0 Å². The number of amides is 3. The van der Waals surface area contributed by atoms with Crippen LogP contribution in [0.25, 0.3) is 0 Å². The number of urea groups is 1. The van der Waals surface area contributed by atoms with Gasteiger partial charge in [-0.25, -0.2) is 4.79 Å². The molecule has 0 aromatic heterocycles. The van der Waals surface area contributed by atoms with Gasteiger partial charge >= 0.3 is 12.0 Å². The van der Waals surface area contributed by atoms with Crippen molar-refractivity contribution >= 4 is 17.9 Å². The van der Waals surface area contributed by atoms with Crippen molar-refractivity contribution in [1.82, 2.24) is 19.6 Å². The molecule has 0 unspecified atom stereocenters. The van der Waals surface area contributed by atoms with Crippen molar-refractivity contribution < 1.29 is 24.6 Å². The number of piperidine rings is 1. The van der Waals surface area contributed by atoms with Crippen LogP contribution in [0.4, 0.5) is 4.79 Å². The molecule has 4 fully saturated rings. The van der Waals surface area contributed by atoms with E-state index in [-0.39, 0.29) is 24.0 Å². The molecule has 9 heteroatoms. The second-order valence-electron chi connectivity index (χ2n) is 12.3. The number of carboxylic acid groups (broad SMARTS) is 1. The predicted molar refractivity (Wildman–Crippen MR) is 142 cm³/mol. The molecule has 38 heavy (non-hydrogen) atoms. The van der Waals surface area contributed by atoms with Gasteiger partial charge in [0.25, 0.3) is 0 Å². The quantitative estimate of drug-likeness (QED) is 0.566. The number of carboxylic acids is 1. The molecule has 1 aromatic carbocycles.